The number of benzene rings is 1. The van der Waals surface area contributed by atoms with Crippen LogP contribution in [0.3, 0.4) is 0 Å². The van der Waals surface area contributed by atoms with Crippen LogP contribution in [-0.2, 0) is 11.2 Å². The number of aliphatic hydroxyl groups is 1. The first kappa shape index (κ1) is 15.2. The average Bonchev–Trinajstić information content (AvgIpc) is 2.88. The first-order valence-electron chi connectivity index (χ1n) is 9.03. The Labute approximate surface area is 138 Å². The number of carbonyl (C=O) groups excluding carboxylic acids is 1. The summed E-state index contributed by atoms with van der Waals surface area (Å²) >= 11 is 0. The predicted molar refractivity (Wildman–Crippen MR) is 88.6 cm³/mol. The summed E-state index contributed by atoms with van der Waals surface area (Å²) in [5, 5.41) is 8.90. The predicted octanol–water partition coefficient (Wildman–Crippen LogP) is 3.48. The van der Waals surface area contributed by atoms with Crippen molar-refractivity contribution in [3.8, 4) is 5.75 Å². The van der Waals surface area contributed by atoms with Gasteiger partial charge in [-0.05, 0) is 73.1 Å². The fourth-order valence-corrected chi connectivity index (χ4v) is 5.58. The summed E-state index contributed by atoms with van der Waals surface area (Å²) in [4.78, 5) is 12.4. The number of ketones is 1. The van der Waals surface area contributed by atoms with E-state index in [2.05, 4.69) is 19.1 Å². The lowest BCUT2D eigenvalue weighted by atomic mass is 9.55. The lowest BCUT2D eigenvalue weighted by Gasteiger charge is -2.48. The van der Waals surface area contributed by atoms with Crippen molar-refractivity contribution in [2.24, 2.45) is 17.3 Å². The molecular weight excluding hydrogens is 288 g/mol. The molecule has 0 aromatic heterocycles. The molecule has 124 valence electrons. The summed E-state index contributed by atoms with van der Waals surface area (Å²) in [7, 11) is 0. The second kappa shape index (κ2) is 5.62. The van der Waals surface area contributed by atoms with Crippen LogP contribution in [0, 0.1) is 17.3 Å². The van der Waals surface area contributed by atoms with Crippen LogP contribution in [0.1, 0.15) is 56.1 Å². The largest absolute Gasteiger partial charge is 0.491 e. The van der Waals surface area contributed by atoms with Gasteiger partial charge in [0.25, 0.3) is 0 Å². The van der Waals surface area contributed by atoms with Crippen molar-refractivity contribution in [2.45, 2.75) is 51.4 Å². The third kappa shape index (κ3) is 2.32. The molecule has 1 aromatic carbocycles. The van der Waals surface area contributed by atoms with Crippen molar-refractivity contribution >= 4 is 5.78 Å². The van der Waals surface area contributed by atoms with Crippen molar-refractivity contribution in [2.75, 3.05) is 13.2 Å². The fraction of sp³-hybridized carbons (Fsp3) is 0.650. The monoisotopic (exact) mass is 314 g/mol. The van der Waals surface area contributed by atoms with Crippen LogP contribution in [0.2, 0.25) is 0 Å². The molecule has 4 unspecified atom stereocenters. The fourth-order valence-electron chi connectivity index (χ4n) is 5.58. The van der Waals surface area contributed by atoms with Gasteiger partial charge in [-0.25, -0.2) is 0 Å². The third-order valence-electron chi connectivity index (χ3n) is 6.77. The van der Waals surface area contributed by atoms with E-state index in [-0.39, 0.29) is 12.0 Å². The number of hydrogen-bond donors (Lipinski definition) is 1. The van der Waals surface area contributed by atoms with E-state index >= 15 is 0 Å². The molecule has 23 heavy (non-hydrogen) atoms. The van der Waals surface area contributed by atoms with Gasteiger partial charge in [0.05, 0.1) is 6.61 Å². The molecule has 0 aliphatic heterocycles. The zero-order valence-corrected chi connectivity index (χ0v) is 13.9. The third-order valence-corrected chi connectivity index (χ3v) is 6.77. The Morgan fingerprint density at radius 3 is 2.96 bits per heavy atom. The van der Waals surface area contributed by atoms with E-state index in [1.54, 1.807) is 0 Å². The van der Waals surface area contributed by atoms with Gasteiger partial charge in [0, 0.05) is 11.8 Å². The highest BCUT2D eigenvalue weighted by molar-refractivity contribution is 5.87. The number of ether oxygens (including phenoxy) is 1. The highest BCUT2D eigenvalue weighted by Gasteiger charge is 2.54. The summed E-state index contributed by atoms with van der Waals surface area (Å²) < 4.78 is 5.56. The molecule has 4 atom stereocenters. The van der Waals surface area contributed by atoms with Crippen LogP contribution >= 0.6 is 0 Å². The van der Waals surface area contributed by atoms with Gasteiger partial charge >= 0.3 is 0 Å². The second-order valence-electron chi connectivity index (χ2n) is 7.77. The SMILES string of the molecule is CC12CCC3c4ccc(OCCO)cc4CCC3C1CCC2=O. The Balaban J connectivity index is 1.61. The minimum absolute atomic E-state index is 0.0388. The minimum Gasteiger partial charge on any atom is -0.491 e. The molecule has 1 aromatic rings. The van der Waals surface area contributed by atoms with Gasteiger partial charge < -0.3 is 9.84 Å². The van der Waals surface area contributed by atoms with E-state index in [1.807, 2.05) is 6.07 Å². The zero-order valence-electron chi connectivity index (χ0n) is 13.9. The van der Waals surface area contributed by atoms with Crippen LogP contribution in [0.4, 0.5) is 0 Å². The van der Waals surface area contributed by atoms with E-state index < -0.39 is 0 Å². The number of Topliss-reactive ketones (excluding diaryl/α,β-unsaturated/α-hetero) is 1. The Hall–Kier alpha value is -1.35. The first-order chi connectivity index (χ1) is 11.1. The van der Waals surface area contributed by atoms with E-state index in [1.165, 1.54) is 17.5 Å². The van der Waals surface area contributed by atoms with E-state index in [4.69, 9.17) is 9.84 Å². The van der Waals surface area contributed by atoms with Gasteiger partial charge in [-0.3, -0.25) is 4.79 Å². The van der Waals surface area contributed by atoms with Gasteiger partial charge in [0.15, 0.2) is 0 Å². The van der Waals surface area contributed by atoms with Gasteiger partial charge in [-0.1, -0.05) is 13.0 Å². The van der Waals surface area contributed by atoms with Crippen molar-refractivity contribution in [1.29, 1.82) is 0 Å². The molecule has 0 saturated heterocycles. The van der Waals surface area contributed by atoms with Crippen LogP contribution in [0.15, 0.2) is 18.2 Å². The zero-order chi connectivity index (χ0) is 16.0. The maximum Gasteiger partial charge on any atom is 0.139 e. The molecule has 2 saturated carbocycles. The van der Waals surface area contributed by atoms with Crippen LogP contribution in [0.25, 0.3) is 0 Å². The molecule has 0 radical (unpaired) electrons. The molecule has 3 heteroatoms. The molecule has 3 aliphatic carbocycles. The average molecular weight is 314 g/mol. The molecule has 1 N–H and O–H groups in total. The van der Waals surface area contributed by atoms with E-state index in [0.717, 1.165) is 37.9 Å². The number of fused-ring (bicyclic) bond motifs is 5. The molecule has 0 amide bonds. The van der Waals surface area contributed by atoms with Crippen molar-refractivity contribution in [1.82, 2.24) is 0 Å². The topological polar surface area (TPSA) is 46.5 Å². The lowest BCUT2D eigenvalue weighted by Crippen LogP contribution is -2.42. The standard InChI is InChI=1S/C20H26O3/c1-20-9-8-16-15-5-3-14(23-11-10-21)12-13(15)2-4-17(16)18(20)6-7-19(20)22/h3,5,12,16-18,21H,2,4,6-11H2,1H3. The molecule has 3 aliphatic rings. The second-order valence-corrected chi connectivity index (χ2v) is 7.77. The maximum atomic E-state index is 12.4. The summed E-state index contributed by atoms with van der Waals surface area (Å²) in [6.07, 6.45) is 6.39. The maximum absolute atomic E-state index is 12.4. The quantitative estimate of drug-likeness (QED) is 0.929. The molecule has 2 fully saturated rings. The highest BCUT2D eigenvalue weighted by atomic mass is 16.5. The highest BCUT2D eigenvalue weighted by Crippen LogP contribution is 2.59. The van der Waals surface area contributed by atoms with Crippen molar-refractivity contribution in [3.63, 3.8) is 0 Å². The van der Waals surface area contributed by atoms with Gasteiger partial charge in [-0.15, -0.1) is 0 Å². The van der Waals surface area contributed by atoms with Crippen molar-refractivity contribution in [3.05, 3.63) is 29.3 Å². The summed E-state index contributed by atoms with van der Waals surface area (Å²) in [6.45, 7) is 2.63. The number of aryl methyl sites for hydroxylation is 1. The molecule has 3 nitrogen and oxygen atoms in total. The summed E-state index contributed by atoms with van der Waals surface area (Å²) in [5.41, 5.74) is 2.86. The number of rotatable bonds is 3. The van der Waals surface area contributed by atoms with Crippen LogP contribution in [-0.4, -0.2) is 24.1 Å². The van der Waals surface area contributed by atoms with Crippen molar-refractivity contribution < 1.29 is 14.6 Å². The number of hydrogen-bond acceptors (Lipinski definition) is 3. The molecular formula is C20H26O3. The summed E-state index contributed by atoms with van der Waals surface area (Å²) in [6, 6.07) is 6.44. The molecule has 0 bridgehead atoms. The summed E-state index contributed by atoms with van der Waals surface area (Å²) in [5.74, 6) is 3.27. The smallest absolute Gasteiger partial charge is 0.139 e. The van der Waals surface area contributed by atoms with Gasteiger partial charge in [0.1, 0.15) is 18.1 Å². The van der Waals surface area contributed by atoms with Crippen LogP contribution < -0.4 is 4.74 Å². The van der Waals surface area contributed by atoms with E-state index in [9.17, 15) is 4.79 Å². The lowest BCUT2D eigenvalue weighted by molar-refractivity contribution is -0.129. The van der Waals surface area contributed by atoms with E-state index in [0.29, 0.717) is 30.1 Å². The Morgan fingerprint density at radius 1 is 1.26 bits per heavy atom. The Morgan fingerprint density at radius 2 is 2.13 bits per heavy atom. The first-order valence-corrected chi connectivity index (χ1v) is 9.03. The van der Waals surface area contributed by atoms with Gasteiger partial charge in [-0.2, -0.15) is 0 Å². The van der Waals surface area contributed by atoms with Gasteiger partial charge in [0.2, 0.25) is 0 Å². The molecule has 0 heterocycles. The van der Waals surface area contributed by atoms with Crippen LogP contribution in [0.5, 0.6) is 5.75 Å². The number of aliphatic hydroxyl groups excluding tert-OH is 1. The normalized spacial score (nSPS) is 35.4. The minimum atomic E-state index is -0.0388. The Kier molecular flexibility index (Phi) is 3.72. The molecule has 0 spiro atoms. The molecule has 4 rings (SSSR count). The number of carbonyl (C=O) groups is 1. The Bertz CT molecular complexity index is 623.